The second-order valence-electron chi connectivity index (χ2n) is 3.95. The van der Waals surface area contributed by atoms with Gasteiger partial charge in [-0.25, -0.2) is 8.42 Å². The van der Waals surface area contributed by atoms with Crippen molar-refractivity contribution in [2.45, 2.75) is 11.8 Å². The van der Waals surface area contributed by atoms with Crippen LogP contribution in [0, 0.1) is 0 Å². The van der Waals surface area contributed by atoms with E-state index in [-0.39, 0.29) is 10.5 Å². The van der Waals surface area contributed by atoms with Gasteiger partial charge in [-0.05, 0) is 37.3 Å². The molecule has 0 aliphatic rings. The van der Waals surface area contributed by atoms with Gasteiger partial charge in [0.25, 0.3) is 10.0 Å². The fourth-order valence-corrected chi connectivity index (χ4v) is 2.62. The van der Waals surface area contributed by atoms with Crippen LogP contribution in [0.4, 0.5) is 5.69 Å². The standard InChI is InChI=1S/C13H14N2O4S/c1-2-19-11-4-6-12(7-5-11)20(17,18)15-10-3-8-13(16)14-9-10/h3-9,15H,2H2,1H3,(H,14,16). The summed E-state index contributed by atoms with van der Waals surface area (Å²) >= 11 is 0. The molecule has 0 spiro atoms. The first kappa shape index (κ1) is 14.1. The summed E-state index contributed by atoms with van der Waals surface area (Å²) in [6.45, 7) is 2.37. The molecular formula is C13H14N2O4S. The Labute approximate surface area is 116 Å². The lowest BCUT2D eigenvalue weighted by Gasteiger charge is -2.08. The molecule has 0 saturated heterocycles. The van der Waals surface area contributed by atoms with Gasteiger partial charge in [-0.1, -0.05) is 0 Å². The van der Waals surface area contributed by atoms with E-state index in [2.05, 4.69) is 9.71 Å². The number of sulfonamides is 1. The van der Waals surface area contributed by atoms with Gasteiger partial charge >= 0.3 is 0 Å². The maximum absolute atomic E-state index is 12.1. The smallest absolute Gasteiger partial charge is 0.261 e. The molecule has 0 radical (unpaired) electrons. The first-order valence-corrected chi connectivity index (χ1v) is 7.44. The summed E-state index contributed by atoms with van der Waals surface area (Å²) in [7, 11) is -3.69. The molecule has 0 aliphatic heterocycles. The summed E-state index contributed by atoms with van der Waals surface area (Å²) in [5.41, 5.74) is -0.00694. The van der Waals surface area contributed by atoms with Gasteiger partial charge in [0.05, 0.1) is 17.2 Å². The van der Waals surface area contributed by atoms with E-state index in [0.717, 1.165) is 0 Å². The summed E-state index contributed by atoms with van der Waals surface area (Å²) in [5, 5.41) is 0. The van der Waals surface area contributed by atoms with Crippen LogP contribution in [0.25, 0.3) is 0 Å². The van der Waals surface area contributed by atoms with Gasteiger partial charge in [0.1, 0.15) is 5.75 Å². The normalized spacial score (nSPS) is 11.1. The maximum Gasteiger partial charge on any atom is 0.261 e. The summed E-state index contributed by atoms with van der Waals surface area (Å²) < 4.78 is 31.8. The number of hydrogen-bond donors (Lipinski definition) is 2. The number of pyridine rings is 1. The first-order valence-electron chi connectivity index (χ1n) is 5.96. The van der Waals surface area contributed by atoms with Crippen molar-refractivity contribution in [3.8, 4) is 5.75 Å². The number of ether oxygens (including phenoxy) is 1. The molecule has 2 N–H and O–H groups in total. The van der Waals surface area contributed by atoms with Crippen LogP contribution < -0.4 is 15.0 Å². The Morgan fingerprint density at radius 1 is 1.15 bits per heavy atom. The van der Waals surface area contributed by atoms with E-state index in [4.69, 9.17) is 4.74 Å². The number of anilines is 1. The minimum absolute atomic E-state index is 0.118. The SMILES string of the molecule is CCOc1ccc(S(=O)(=O)Nc2ccc(=O)[nH]c2)cc1. The van der Waals surface area contributed by atoms with Crippen molar-refractivity contribution in [1.29, 1.82) is 0 Å². The summed E-state index contributed by atoms with van der Waals surface area (Å²) in [6, 6.07) is 8.73. The van der Waals surface area contributed by atoms with Crippen LogP contribution in [0.3, 0.4) is 0 Å². The first-order chi connectivity index (χ1) is 9.51. The molecule has 1 heterocycles. The molecule has 0 amide bonds. The van der Waals surface area contributed by atoms with Gasteiger partial charge in [-0.15, -0.1) is 0 Å². The van der Waals surface area contributed by atoms with E-state index in [1.807, 2.05) is 6.92 Å². The summed E-state index contributed by atoms with van der Waals surface area (Å²) in [6.07, 6.45) is 1.30. The average molecular weight is 294 g/mol. The molecule has 0 saturated carbocycles. The molecule has 0 aliphatic carbocycles. The van der Waals surface area contributed by atoms with Gasteiger partial charge in [-0.2, -0.15) is 0 Å². The molecule has 2 rings (SSSR count). The van der Waals surface area contributed by atoms with Gasteiger partial charge < -0.3 is 9.72 Å². The zero-order valence-electron chi connectivity index (χ0n) is 10.8. The minimum atomic E-state index is -3.69. The van der Waals surface area contributed by atoms with Crippen LogP contribution in [0.15, 0.2) is 52.3 Å². The summed E-state index contributed by atoms with van der Waals surface area (Å²) in [4.78, 5) is 13.4. The maximum atomic E-state index is 12.1. The molecule has 6 nitrogen and oxygen atoms in total. The number of rotatable bonds is 5. The van der Waals surface area contributed by atoms with Crippen molar-refractivity contribution >= 4 is 15.7 Å². The predicted octanol–water partition coefficient (Wildman–Crippen LogP) is 1.57. The molecule has 0 atom stereocenters. The minimum Gasteiger partial charge on any atom is -0.494 e. The van der Waals surface area contributed by atoms with E-state index in [1.165, 1.54) is 30.5 Å². The average Bonchev–Trinajstić information content (AvgIpc) is 2.42. The van der Waals surface area contributed by atoms with Gasteiger partial charge in [0.15, 0.2) is 0 Å². The Kier molecular flexibility index (Phi) is 4.09. The zero-order chi connectivity index (χ0) is 14.6. The van der Waals surface area contributed by atoms with Crippen molar-refractivity contribution in [2.24, 2.45) is 0 Å². The van der Waals surface area contributed by atoms with Crippen molar-refractivity contribution in [3.63, 3.8) is 0 Å². The highest BCUT2D eigenvalue weighted by Crippen LogP contribution is 2.18. The number of nitrogens with one attached hydrogen (secondary N) is 2. The Morgan fingerprint density at radius 2 is 1.85 bits per heavy atom. The fraction of sp³-hybridized carbons (Fsp3) is 0.154. The third-order valence-electron chi connectivity index (χ3n) is 2.48. The molecule has 7 heteroatoms. The number of aromatic nitrogens is 1. The van der Waals surface area contributed by atoms with Crippen LogP contribution in [0.2, 0.25) is 0 Å². The largest absolute Gasteiger partial charge is 0.494 e. The third-order valence-corrected chi connectivity index (χ3v) is 3.88. The third kappa shape index (κ3) is 3.39. The molecule has 1 aromatic carbocycles. The van der Waals surface area contributed by atoms with Crippen molar-refractivity contribution in [2.75, 3.05) is 11.3 Å². The second-order valence-corrected chi connectivity index (χ2v) is 5.63. The van der Waals surface area contributed by atoms with E-state index < -0.39 is 10.0 Å². The van der Waals surface area contributed by atoms with Crippen LogP contribution in [0.5, 0.6) is 5.75 Å². The lowest BCUT2D eigenvalue weighted by molar-refractivity contribution is 0.340. The highest BCUT2D eigenvalue weighted by molar-refractivity contribution is 7.92. The molecule has 2 aromatic rings. The Hall–Kier alpha value is -2.28. The van der Waals surface area contributed by atoms with E-state index in [1.54, 1.807) is 12.1 Å². The van der Waals surface area contributed by atoms with E-state index >= 15 is 0 Å². The molecule has 0 bridgehead atoms. The van der Waals surface area contributed by atoms with Crippen molar-refractivity contribution < 1.29 is 13.2 Å². The summed E-state index contributed by atoms with van der Waals surface area (Å²) in [5.74, 6) is 0.607. The van der Waals surface area contributed by atoms with E-state index in [0.29, 0.717) is 18.0 Å². The Morgan fingerprint density at radius 3 is 2.40 bits per heavy atom. The lowest BCUT2D eigenvalue weighted by Crippen LogP contribution is -2.14. The highest BCUT2D eigenvalue weighted by Gasteiger charge is 2.14. The molecule has 1 aromatic heterocycles. The zero-order valence-corrected chi connectivity index (χ0v) is 11.6. The number of hydrogen-bond acceptors (Lipinski definition) is 4. The predicted molar refractivity (Wildman–Crippen MR) is 75.5 cm³/mol. The van der Waals surface area contributed by atoms with Crippen LogP contribution in [-0.2, 0) is 10.0 Å². The Balaban J connectivity index is 2.21. The Bertz CT molecular complexity index is 715. The van der Waals surface area contributed by atoms with Crippen LogP contribution in [-0.4, -0.2) is 20.0 Å². The van der Waals surface area contributed by atoms with Crippen LogP contribution >= 0.6 is 0 Å². The monoisotopic (exact) mass is 294 g/mol. The van der Waals surface area contributed by atoms with Crippen molar-refractivity contribution in [1.82, 2.24) is 4.98 Å². The number of H-pyrrole nitrogens is 1. The highest BCUT2D eigenvalue weighted by atomic mass is 32.2. The molecule has 106 valence electrons. The fourth-order valence-electron chi connectivity index (χ4n) is 1.57. The van der Waals surface area contributed by atoms with Gasteiger partial charge in [-0.3, -0.25) is 9.52 Å². The molecular weight excluding hydrogens is 280 g/mol. The number of benzene rings is 1. The van der Waals surface area contributed by atoms with Gasteiger partial charge in [0.2, 0.25) is 5.56 Å². The molecule has 0 fully saturated rings. The topological polar surface area (TPSA) is 88.3 Å². The van der Waals surface area contributed by atoms with Crippen LogP contribution in [0.1, 0.15) is 6.92 Å². The van der Waals surface area contributed by atoms with E-state index in [9.17, 15) is 13.2 Å². The quantitative estimate of drug-likeness (QED) is 0.876. The second kappa shape index (κ2) is 5.79. The van der Waals surface area contributed by atoms with Gasteiger partial charge in [0, 0.05) is 12.3 Å². The van der Waals surface area contributed by atoms with Crippen molar-refractivity contribution in [3.05, 3.63) is 52.9 Å². The number of aromatic amines is 1. The molecule has 20 heavy (non-hydrogen) atoms. The molecule has 0 unspecified atom stereocenters. The lowest BCUT2D eigenvalue weighted by atomic mass is 10.3.